The third kappa shape index (κ3) is 2.42. The molecule has 2 rings (SSSR count). The third-order valence-corrected chi connectivity index (χ3v) is 3.30. The molecule has 1 aromatic heterocycles. The summed E-state index contributed by atoms with van der Waals surface area (Å²) in [6.07, 6.45) is 0. The molecule has 112 valence electrons. The lowest BCUT2D eigenvalue weighted by molar-refractivity contribution is -0.384. The summed E-state index contributed by atoms with van der Waals surface area (Å²) < 4.78 is 3.00. The SMILES string of the molecule is Cn1c(C(C)(C)C)c(N)c(=O)n1-c1cccc([N+](=O)[O-])c1. The highest BCUT2D eigenvalue weighted by atomic mass is 16.6. The molecule has 21 heavy (non-hydrogen) atoms. The summed E-state index contributed by atoms with van der Waals surface area (Å²) in [6, 6.07) is 5.92. The highest BCUT2D eigenvalue weighted by Gasteiger charge is 2.26. The largest absolute Gasteiger partial charge is 0.393 e. The summed E-state index contributed by atoms with van der Waals surface area (Å²) in [5.74, 6) is 0. The summed E-state index contributed by atoms with van der Waals surface area (Å²) in [6.45, 7) is 5.86. The molecule has 0 aliphatic heterocycles. The number of aromatic nitrogens is 2. The average molecular weight is 290 g/mol. The normalized spacial score (nSPS) is 11.6. The molecule has 0 amide bonds. The predicted octanol–water partition coefficient (Wildman–Crippen LogP) is 1.96. The number of hydrogen-bond donors (Lipinski definition) is 1. The van der Waals surface area contributed by atoms with Crippen LogP contribution < -0.4 is 11.3 Å². The Kier molecular flexibility index (Phi) is 3.36. The molecule has 1 heterocycles. The first kappa shape index (κ1) is 14.8. The van der Waals surface area contributed by atoms with Crippen LogP contribution in [0.15, 0.2) is 29.1 Å². The van der Waals surface area contributed by atoms with E-state index in [1.54, 1.807) is 23.9 Å². The van der Waals surface area contributed by atoms with Gasteiger partial charge in [0.2, 0.25) is 0 Å². The molecule has 0 radical (unpaired) electrons. The van der Waals surface area contributed by atoms with Crippen molar-refractivity contribution in [2.45, 2.75) is 26.2 Å². The van der Waals surface area contributed by atoms with Gasteiger partial charge < -0.3 is 5.73 Å². The van der Waals surface area contributed by atoms with Crippen LogP contribution in [0, 0.1) is 10.1 Å². The molecule has 0 saturated carbocycles. The Morgan fingerprint density at radius 3 is 2.38 bits per heavy atom. The van der Waals surface area contributed by atoms with Crippen LogP contribution in [0.25, 0.3) is 5.69 Å². The van der Waals surface area contributed by atoms with Crippen LogP contribution in [0.5, 0.6) is 0 Å². The lowest BCUT2D eigenvalue weighted by Crippen LogP contribution is -2.22. The number of nitrogens with two attached hydrogens (primary N) is 1. The zero-order chi connectivity index (χ0) is 15.9. The minimum atomic E-state index is -0.495. The molecule has 7 nitrogen and oxygen atoms in total. The number of rotatable bonds is 2. The van der Waals surface area contributed by atoms with E-state index in [-0.39, 0.29) is 22.3 Å². The molecule has 0 bridgehead atoms. The van der Waals surface area contributed by atoms with Crippen LogP contribution in [-0.2, 0) is 12.5 Å². The second-order valence-electron chi connectivity index (χ2n) is 5.93. The minimum Gasteiger partial charge on any atom is -0.393 e. The van der Waals surface area contributed by atoms with Crippen molar-refractivity contribution in [2.75, 3.05) is 5.73 Å². The number of benzene rings is 1. The number of hydrogen-bond acceptors (Lipinski definition) is 4. The third-order valence-electron chi connectivity index (χ3n) is 3.30. The summed E-state index contributed by atoms with van der Waals surface area (Å²) in [5.41, 5.74) is 6.45. The maximum atomic E-state index is 12.4. The zero-order valence-electron chi connectivity index (χ0n) is 12.5. The molecule has 0 unspecified atom stereocenters. The van der Waals surface area contributed by atoms with E-state index in [4.69, 9.17) is 5.73 Å². The Bertz CT molecular complexity index is 766. The van der Waals surface area contributed by atoms with Gasteiger partial charge in [0.15, 0.2) is 0 Å². The second-order valence-corrected chi connectivity index (χ2v) is 5.93. The first-order chi connectivity index (χ1) is 9.64. The fourth-order valence-corrected chi connectivity index (χ4v) is 2.54. The minimum absolute atomic E-state index is 0.0727. The van der Waals surface area contributed by atoms with Crippen molar-refractivity contribution in [3.8, 4) is 5.69 Å². The van der Waals surface area contributed by atoms with Crippen LogP contribution in [0.3, 0.4) is 0 Å². The van der Waals surface area contributed by atoms with E-state index in [0.717, 1.165) is 0 Å². The molecule has 0 atom stereocenters. The fraction of sp³-hybridized carbons (Fsp3) is 0.357. The molecule has 0 aliphatic rings. The van der Waals surface area contributed by atoms with Gasteiger partial charge >= 0.3 is 0 Å². The van der Waals surface area contributed by atoms with E-state index >= 15 is 0 Å². The lowest BCUT2D eigenvalue weighted by atomic mass is 9.91. The second kappa shape index (κ2) is 4.76. The standard InChI is InChI=1S/C14H18N4O3/c1-14(2,3)12-11(15)13(19)17(16(12)4)9-6-5-7-10(8-9)18(20)21/h5-8H,15H2,1-4H3. The van der Waals surface area contributed by atoms with Gasteiger partial charge in [0, 0.05) is 24.6 Å². The number of nitro groups is 1. The van der Waals surface area contributed by atoms with Crippen LogP contribution in [0.1, 0.15) is 26.5 Å². The molecule has 0 spiro atoms. The first-order valence-corrected chi connectivity index (χ1v) is 6.47. The molecule has 0 saturated heterocycles. The monoisotopic (exact) mass is 290 g/mol. The Hall–Kier alpha value is -2.57. The quantitative estimate of drug-likeness (QED) is 0.675. The summed E-state index contributed by atoms with van der Waals surface area (Å²) >= 11 is 0. The van der Waals surface area contributed by atoms with E-state index in [2.05, 4.69) is 0 Å². The fourth-order valence-electron chi connectivity index (χ4n) is 2.54. The molecule has 2 aromatic rings. The van der Waals surface area contributed by atoms with E-state index < -0.39 is 4.92 Å². The molecule has 0 fully saturated rings. The van der Waals surface area contributed by atoms with Crippen molar-refractivity contribution in [2.24, 2.45) is 7.05 Å². The number of nitro benzene ring substituents is 1. The Balaban J connectivity index is 2.75. The van der Waals surface area contributed by atoms with Gasteiger partial charge in [-0.3, -0.25) is 19.6 Å². The summed E-state index contributed by atoms with van der Waals surface area (Å²) in [5, 5.41) is 10.9. The smallest absolute Gasteiger partial charge is 0.294 e. The highest BCUT2D eigenvalue weighted by molar-refractivity contribution is 5.50. The van der Waals surface area contributed by atoms with Crippen molar-refractivity contribution < 1.29 is 4.92 Å². The maximum Gasteiger partial charge on any atom is 0.294 e. The number of anilines is 1. The van der Waals surface area contributed by atoms with Gasteiger partial charge in [0.05, 0.1) is 16.3 Å². The lowest BCUT2D eigenvalue weighted by Gasteiger charge is -2.21. The van der Waals surface area contributed by atoms with E-state index in [1.165, 1.54) is 16.8 Å². The molecular weight excluding hydrogens is 272 g/mol. The molecule has 1 aromatic carbocycles. The van der Waals surface area contributed by atoms with Crippen molar-refractivity contribution in [1.82, 2.24) is 9.36 Å². The van der Waals surface area contributed by atoms with E-state index in [0.29, 0.717) is 11.4 Å². The Morgan fingerprint density at radius 2 is 1.90 bits per heavy atom. The van der Waals surface area contributed by atoms with Crippen LogP contribution in [0.4, 0.5) is 11.4 Å². The van der Waals surface area contributed by atoms with Crippen LogP contribution in [-0.4, -0.2) is 14.3 Å². The van der Waals surface area contributed by atoms with Crippen LogP contribution >= 0.6 is 0 Å². The van der Waals surface area contributed by atoms with Crippen molar-refractivity contribution in [3.05, 3.63) is 50.4 Å². The van der Waals surface area contributed by atoms with Gasteiger partial charge in [-0.05, 0) is 6.07 Å². The van der Waals surface area contributed by atoms with Crippen LogP contribution in [0.2, 0.25) is 0 Å². The van der Waals surface area contributed by atoms with Crippen molar-refractivity contribution >= 4 is 11.4 Å². The van der Waals surface area contributed by atoms with Gasteiger partial charge in [0.25, 0.3) is 11.2 Å². The van der Waals surface area contributed by atoms with Gasteiger partial charge in [-0.2, -0.15) is 0 Å². The van der Waals surface area contributed by atoms with Crippen molar-refractivity contribution in [3.63, 3.8) is 0 Å². The summed E-state index contributed by atoms with van der Waals surface area (Å²) in [4.78, 5) is 22.8. The number of non-ortho nitro benzene ring substituents is 1. The molecule has 2 N–H and O–H groups in total. The maximum absolute atomic E-state index is 12.4. The number of nitrogens with zero attached hydrogens (tertiary/aromatic N) is 3. The topological polar surface area (TPSA) is 96.1 Å². The first-order valence-electron chi connectivity index (χ1n) is 6.47. The summed E-state index contributed by atoms with van der Waals surface area (Å²) in [7, 11) is 1.72. The average Bonchev–Trinajstić information content (AvgIpc) is 2.59. The predicted molar refractivity (Wildman–Crippen MR) is 80.8 cm³/mol. The van der Waals surface area contributed by atoms with E-state index in [9.17, 15) is 14.9 Å². The van der Waals surface area contributed by atoms with E-state index in [1.807, 2.05) is 20.8 Å². The molecule has 7 heteroatoms. The Morgan fingerprint density at radius 1 is 1.29 bits per heavy atom. The van der Waals surface area contributed by atoms with Gasteiger partial charge in [-0.25, -0.2) is 4.68 Å². The van der Waals surface area contributed by atoms with Gasteiger partial charge in [0.1, 0.15) is 5.69 Å². The number of nitrogen functional groups attached to an aromatic ring is 1. The van der Waals surface area contributed by atoms with Gasteiger partial charge in [-0.1, -0.05) is 26.8 Å². The van der Waals surface area contributed by atoms with Gasteiger partial charge in [-0.15, -0.1) is 0 Å². The Labute approximate surface area is 121 Å². The molecule has 0 aliphatic carbocycles. The molecular formula is C14H18N4O3. The van der Waals surface area contributed by atoms with Crippen molar-refractivity contribution in [1.29, 1.82) is 0 Å². The highest BCUT2D eigenvalue weighted by Crippen LogP contribution is 2.27. The zero-order valence-corrected chi connectivity index (χ0v) is 12.5.